The van der Waals surface area contributed by atoms with Crippen LogP contribution in [0.3, 0.4) is 0 Å². The fourth-order valence-electron chi connectivity index (χ4n) is 2.81. The maximum absolute atomic E-state index is 4.63. The van der Waals surface area contributed by atoms with Crippen LogP contribution in [0.25, 0.3) is 10.9 Å². The highest BCUT2D eigenvalue weighted by atomic mass is 15.2. The van der Waals surface area contributed by atoms with Gasteiger partial charge in [0, 0.05) is 17.5 Å². The number of aliphatic imine (C=N–C) groups is 2. The van der Waals surface area contributed by atoms with E-state index in [9.17, 15) is 0 Å². The third-order valence-corrected chi connectivity index (χ3v) is 3.66. The van der Waals surface area contributed by atoms with E-state index in [1.807, 2.05) is 13.8 Å². The van der Waals surface area contributed by atoms with Crippen molar-refractivity contribution < 1.29 is 0 Å². The molecule has 3 rings (SSSR count). The summed E-state index contributed by atoms with van der Waals surface area (Å²) in [7, 11) is 0. The molecule has 1 aliphatic rings. The third-order valence-electron chi connectivity index (χ3n) is 3.66. The Bertz CT molecular complexity index is 802. The van der Waals surface area contributed by atoms with Crippen molar-refractivity contribution in [2.75, 3.05) is 5.32 Å². The van der Waals surface area contributed by atoms with Gasteiger partial charge in [0.15, 0.2) is 0 Å². The Morgan fingerprint density at radius 2 is 1.86 bits per heavy atom. The van der Waals surface area contributed by atoms with E-state index in [-0.39, 0.29) is 5.54 Å². The summed E-state index contributed by atoms with van der Waals surface area (Å²) in [6, 6.07) is 6.21. The van der Waals surface area contributed by atoms with Crippen molar-refractivity contribution in [1.82, 2.24) is 9.97 Å². The Kier molecular flexibility index (Phi) is 3.43. The molecule has 1 aromatic heterocycles. The lowest BCUT2D eigenvalue weighted by Gasteiger charge is -2.24. The number of guanidine groups is 1. The third kappa shape index (κ3) is 2.98. The van der Waals surface area contributed by atoms with E-state index in [0.717, 1.165) is 28.7 Å². The number of fused-ring (bicyclic) bond motifs is 1. The van der Waals surface area contributed by atoms with Crippen molar-refractivity contribution in [2.45, 2.75) is 46.6 Å². The summed E-state index contributed by atoms with van der Waals surface area (Å²) >= 11 is 0. The molecule has 0 radical (unpaired) electrons. The smallest absolute Gasteiger partial charge is 0.230 e. The molecule has 0 amide bonds. The van der Waals surface area contributed by atoms with Gasteiger partial charge < -0.3 is 0 Å². The number of benzene rings is 1. The van der Waals surface area contributed by atoms with Crippen molar-refractivity contribution in [3.05, 3.63) is 29.5 Å². The molecule has 0 unspecified atom stereocenters. The molecule has 22 heavy (non-hydrogen) atoms. The zero-order chi connectivity index (χ0) is 15.9. The second-order valence-corrected chi connectivity index (χ2v) is 6.55. The van der Waals surface area contributed by atoms with Crippen LogP contribution >= 0.6 is 0 Å². The van der Waals surface area contributed by atoms with Crippen LogP contribution in [0, 0.1) is 13.8 Å². The minimum absolute atomic E-state index is 0.142. The van der Waals surface area contributed by atoms with Gasteiger partial charge in [0.05, 0.1) is 16.7 Å². The molecule has 1 aromatic carbocycles. The number of anilines is 1. The van der Waals surface area contributed by atoms with Gasteiger partial charge in [-0.3, -0.25) is 5.32 Å². The van der Waals surface area contributed by atoms with Crippen LogP contribution in [0.5, 0.6) is 0 Å². The van der Waals surface area contributed by atoms with Crippen molar-refractivity contribution in [2.24, 2.45) is 9.98 Å². The molecule has 114 valence electrons. The average molecular weight is 295 g/mol. The summed E-state index contributed by atoms with van der Waals surface area (Å²) in [6.07, 6.45) is 0.870. The summed E-state index contributed by atoms with van der Waals surface area (Å²) in [5.41, 5.74) is 3.99. The minimum Gasteiger partial charge on any atom is -0.293 e. The Balaban J connectivity index is 1.99. The van der Waals surface area contributed by atoms with Gasteiger partial charge in [-0.2, -0.15) is 0 Å². The van der Waals surface area contributed by atoms with Gasteiger partial charge in [-0.05, 0) is 46.2 Å². The molecule has 2 aromatic rings. The number of aryl methyl sites for hydroxylation is 2. The highest BCUT2D eigenvalue weighted by Crippen LogP contribution is 2.22. The van der Waals surface area contributed by atoms with Gasteiger partial charge in [0.2, 0.25) is 11.9 Å². The van der Waals surface area contributed by atoms with E-state index in [4.69, 9.17) is 0 Å². The zero-order valence-electron chi connectivity index (χ0n) is 13.7. The van der Waals surface area contributed by atoms with Gasteiger partial charge in [0.1, 0.15) is 0 Å². The van der Waals surface area contributed by atoms with Gasteiger partial charge in [0.25, 0.3) is 0 Å². The Morgan fingerprint density at radius 1 is 1.09 bits per heavy atom. The second-order valence-electron chi connectivity index (χ2n) is 6.55. The normalized spacial score (nSPS) is 17.1. The minimum atomic E-state index is -0.142. The van der Waals surface area contributed by atoms with E-state index in [2.05, 4.69) is 64.2 Å². The van der Waals surface area contributed by atoms with Crippen molar-refractivity contribution in [3.63, 3.8) is 0 Å². The van der Waals surface area contributed by atoms with E-state index in [1.54, 1.807) is 0 Å². The molecule has 0 saturated carbocycles. The van der Waals surface area contributed by atoms with E-state index in [0.29, 0.717) is 11.9 Å². The van der Waals surface area contributed by atoms with Crippen LogP contribution in [-0.4, -0.2) is 27.2 Å². The highest BCUT2D eigenvalue weighted by Gasteiger charge is 2.23. The summed E-state index contributed by atoms with van der Waals surface area (Å²) in [5, 5.41) is 4.23. The first-order valence-electron chi connectivity index (χ1n) is 7.48. The van der Waals surface area contributed by atoms with Crippen LogP contribution in [0.15, 0.2) is 28.2 Å². The number of aromatic nitrogens is 2. The van der Waals surface area contributed by atoms with Crippen molar-refractivity contribution >= 4 is 28.5 Å². The van der Waals surface area contributed by atoms with Gasteiger partial charge >= 0.3 is 0 Å². The van der Waals surface area contributed by atoms with Crippen molar-refractivity contribution in [1.29, 1.82) is 0 Å². The van der Waals surface area contributed by atoms with Crippen LogP contribution in [0.2, 0.25) is 0 Å². The molecule has 0 aliphatic carbocycles. The lowest BCUT2D eigenvalue weighted by Crippen LogP contribution is -2.30. The van der Waals surface area contributed by atoms with Gasteiger partial charge in [-0.1, -0.05) is 12.1 Å². The lowest BCUT2D eigenvalue weighted by molar-refractivity contribution is 0.538. The Morgan fingerprint density at radius 3 is 2.59 bits per heavy atom. The van der Waals surface area contributed by atoms with Gasteiger partial charge in [-0.15, -0.1) is 0 Å². The maximum Gasteiger partial charge on any atom is 0.230 e. The molecule has 0 atom stereocenters. The molecule has 1 aliphatic heterocycles. The largest absolute Gasteiger partial charge is 0.293 e. The predicted molar refractivity (Wildman–Crippen MR) is 91.9 cm³/mol. The molecule has 5 nitrogen and oxygen atoms in total. The van der Waals surface area contributed by atoms with Crippen LogP contribution in [-0.2, 0) is 0 Å². The van der Waals surface area contributed by atoms with Crippen LogP contribution in [0.1, 0.15) is 38.4 Å². The molecule has 1 N–H and O–H groups in total. The second kappa shape index (κ2) is 5.16. The van der Waals surface area contributed by atoms with Crippen LogP contribution < -0.4 is 5.32 Å². The SMILES string of the molecule is CC1=NC(Nc2nc(C)c3ccc(C)cc3n2)=NC(C)(C)C1. The number of hydrogen-bond acceptors (Lipinski definition) is 5. The number of hydrogen-bond donors (Lipinski definition) is 1. The molecule has 0 spiro atoms. The molecular weight excluding hydrogens is 274 g/mol. The molecule has 2 heterocycles. The molecule has 0 bridgehead atoms. The molecular formula is C17H21N5. The fraction of sp³-hybridized carbons (Fsp3) is 0.412. The highest BCUT2D eigenvalue weighted by molar-refractivity contribution is 6.04. The summed E-state index contributed by atoms with van der Waals surface area (Å²) in [5.74, 6) is 1.13. The van der Waals surface area contributed by atoms with Crippen LogP contribution in [0.4, 0.5) is 5.95 Å². The standard InChI is InChI=1S/C17H21N5/c1-10-6-7-13-12(3)19-15(20-14(13)8-10)21-16-18-11(2)9-17(4,5)22-16/h6-8H,9H2,1-5H3,(H,19,20,21,22). The van der Waals surface area contributed by atoms with E-state index >= 15 is 0 Å². The maximum atomic E-state index is 4.63. The predicted octanol–water partition coefficient (Wildman–Crippen LogP) is 3.66. The Labute approximate surface area is 130 Å². The molecule has 0 saturated heterocycles. The zero-order valence-corrected chi connectivity index (χ0v) is 13.7. The fourth-order valence-corrected chi connectivity index (χ4v) is 2.81. The number of rotatable bonds is 1. The first kappa shape index (κ1) is 14.6. The summed E-state index contributed by atoms with van der Waals surface area (Å²) in [6.45, 7) is 10.3. The average Bonchev–Trinajstić information content (AvgIpc) is 2.35. The number of nitrogens with one attached hydrogen (secondary N) is 1. The monoisotopic (exact) mass is 295 g/mol. The first-order valence-corrected chi connectivity index (χ1v) is 7.48. The quantitative estimate of drug-likeness (QED) is 0.873. The number of nitrogens with zero attached hydrogens (tertiary/aromatic N) is 4. The Hall–Kier alpha value is -2.30. The first-order chi connectivity index (χ1) is 10.3. The van der Waals surface area contributed by atoms with Gasteiger partial charge in [-0.25, -0.2) is 20.0 Å². The van der Waals surface area contributed by atoms with E-state index in [1.165, 1.54) is 5.56 Å². The van der Waals surface area contributed by atoms with E-state index < -0.39 is 0 Å². The van der Waals surface area contributed by atoms with Crippen molar-refractivity contribution in [3.8, 4) is 0 Å². The lowest BCUT2D eigenvalue weighted by atomic mass is 9.98. The topological polar surface area (TPSA) is 62.5 Å². The summed E-state index contributed by atoms with van der Waals surface area (Å²) in [4.78, 5) is 18.2. The molecule has 0 fully saturated rings. The molecule has 5 heteroatoms. The summed E-state index contributed by atoms with van der Waals surface area (Å²) < 4.78 is 0.